The second kappa shape index (κ2) is 5.41. The van der Waals surface area contributed by atoms with Gasteiger partial charge < -0.3 is 11.1 Å². The van der Waals surface area contributed by atoms with Gasteiger partial charge in [-0.05, 0) is 19.4 Å². The molecule has 0 spiro atoms. The average Bonchev–Trinajstić information content (AvgIpc) is 2.25. The van der Waals surface area contributed by atoms with Crippen molar-refractivity contribution in [2.75, 3.05) is 13.1 Å². The van der Waals surface area contributed by atoms with Crippen LogP contribution in [0.1, 0.15) is 28.7 Å². The van der Waals surface area contributed by atoms with E-state index in [-0.39, 0.29) is 5.91 Å². The molecule has 1 aromatic heterocycles. The molecule has 0 unspecified atom stereocenters. The molecule has 0 radical (unpaired) electrons. The maximum atomic E-state index is 11.7. The first-order valence-corrected chi connectivity index (χ1v) is 5.00. The molecule has 5 heteroatoms. The lowest BCUT2D eigenvalue weighted by Gasteiger charge is -2.07. The number of carbonyl (C=O) groups excluding carboxylic acids is 1. The molecule has 1 rings (SSSR count). The van der Waals surface area contributed by atoms with Crippen LogP contribution in [0.2, 0.25) is 0 Å². The van der Waals surface area contributed by atoms with Crippen LogP contribution in [0.5, 0.6) is 0 Å². The van der Waals surface area contributed by atoms with Crippen molar-refractivity contribution < 1.29 is 4.79 Å². The lowest BCUT2D eigenvalue weighted by Crippen LogP contribution is -2.30. The molecule has 1 heterocycles. The summed E-state index contributed by atoms with van der Waals surface area (Å²) < 4.78 is 0. The zero-order valence-corrected chi connectivity index (χ0v) is 9.08. The molecular formula is C10H16N4O. The summed E-state index contributed by atoms with van der Waals surface area (Å²) in [5.74, 6) is -0.129. The molecule has 0 saturated carbocycles. The fraction of sp³-hybridized carbons (Fsp3) is 0.500. The summed E-state index contributed by atoms with van der Waals surface area (Å²) in [5, 5.41) is 10.6. The molecule has 0 aliphatic heterocycles. The number of carbonyl (C=O) groups is 1. The third kappa shape index (κ3) is 2.99. The number of nitrogens with one attached hydrogen (secondary N) is 1. The topological polar surface area (TPSA) is 80.9 Å². The second-order valence-electron chi connectivity index (χ2n) is 3.24. The van der Waals surface area contributed by atoms with Gasteiger partial charge in [-0.3, -0.25) is 4.79 Å². The first-order valence-electron chi connectivity index (χ1n) is 5.00. The Morgan fingerprint density at radius 1 is 1.53 bits per heavy atom. The number of amides is 1. The summed E-state index contributed by atoms with van der Waals surface area (Å²) >= 11 is 0. The van der Waals surface area contributed by atoms with Crippen LogP contribution in [0.4, 0.5) is 0 Å². The van der Waals surface area contributed by atoms with Crippen LogP contribution >= 0.6 is 0 Å². The summed E-state index contributed by atoms with van der Waals surface area (Å²) in [5.41, 5.74) is 7.37. The third-order valence-corrected chi connectivity index (χ3v) is 2.00. The molecule has 0 bridgehead atoms. The van der Waals surface area contributed by atoms with Crippen molar-refractivity contribution in [3.8, 4) is 0 Å². The van der Waals surface area contributed by atoms with E-state index in [1.54, 1.807) is 6.07 Å². The van der Waals surface area contributed by atoms with E-state index in [2.05, 4.69) is 15.5 Å². The fourth-order valence-electron chi connectivity index (χ4n) is 1.25. The van der Waals surface area contributed by atoms with E-state index >= 15 is 0 Å². The number of hydrogen-bond donors (Lipinski definition) is 2. The minimum atomic E-state index is -0.129. The number of aromatic nitrogens is 2. The average molecular weight is 208 g/mol. The van der Waals surface area contributed by atoms with Gasteiger partial charge in [0.2, 0.25) is 0 Å². The van der Waals surface area contributed by atoms with E-state index in [1.807, 2.05) is 13.8 Å². The van der Waals surface area contributed by atoms with Crippen molar-refractivity contribution in [3.63, 3.8) is 0 Å². The SMILES string of the molecule is CCc1nnc(C)cc1C(=O)NCCN. The van der Waals surface area contributed by atoms with Gasteiger partial charge in [0.1, 0.15) is 0 Å². The van der Waals surface area contributed by atoms with E-state index in [0.717, 1.165) is 11.4 Å². The van der Waals surface area contributed by atoms with Crippen LogP contribution in [0, 0.1) is 6.92 Å². The van der Waals surface area contributed by atoms with Gasteiger partial charge in [0.15, 0.2) is 0 Å². The standard InChI is InChI=1S/C10H16N4O/c1-3-9-8(6-7(2)13-14-9)10(15)12-5-4-11/h6H,3-5,11H2,1-2H3,(H,12,15). The number of nitrogens with zero attached hydrogens (tertiary/aromatic N) is 2. The number of nitrogens with two attached hydrogens (primary N) is 1. The Morgan fingerprint density at radius 3 is 2.87 bits per heavy atom. The van der Waals surface area contributed by atoms with Gasteiger partial charge in [-0.1, -0.05) is 6.92 Å². The van der Waals surface area contributed by atoms with Crippen LogP contribution in [-0.4, -0.2) is 29.2 Å². The number of hydrogen-bond acceptors (Lipinski definition) is 4. The number of rotatable bonds is 4. The number of aryl methyl sites for hydroxylation is 2. The molecule has 0 aliphatic rings. The Kier molecular flexibility index (Phi) is 4.17. The summed E-state index contributed by atoms with van der Waals surface area (Å²) in [6.07, 6.45) is 0.693. The van der Waals surface area contributed by atoms with E-state index in [9.17, 15) is 4.79 Å². The molecule has 82 valence electrons. The normalized spacial score (nSPS) is 10.1. The van der Waals surface area contributed by atoms with Crippen molar-refractivity contribution in [3.05, 3.63) is 23.0 Å². The van der Waals surface area contributed by atoms with Crippen LogP contribution in [0.15, 0.2) is 6.07 Å². The van der Waals surface area contributed by atoms with Crippen molar-refractivity contribution in [1.29, 1.82) is 0 Å². The van der Waals surface area contributed by atoms with Crippen LogP contribution < -0.4 is 11.1 Å². The first kappa shape index (κ1) is 11.6. The van der Waals surface area contributed by atoms with E-state index in [0.29, 0.717) is 25.1 Å². The monoisotopic (exact) mass is 208 g/mol. The molecule has 5 nitrogen and oxygen atoms in total. The van der Waals surface area contributed by atoms with E-state index < -0.39 is 0 Å². The quantitative estimate of drug-likeness (QED) is 0.731. The highest BCUT2D eigenvalue weighted by Gasteiger charge is 2.11. The van der Waals surface area contributed by atoms with Crippen molar-refractivity contribution >= 4 is 5.91 Å². The second-order valence-corrected chi connectivity index (χ2v) is 3.24. The largest absolute Gasteiger partial charge is 0.351 e. The Balaban J connectivity index is 2.90. The van der Waals surface area contributed by atoms with Crippen molar-refractivity contribution in [1.82, 2.24) is 15.5 Å². The summed E-state index contributed by atoms with van der Waals surface area (Å²) in [6, 6.07) is 1.75. The molecule has 1 amide bonds. The van der Waals surface area contributed by atoms with Gasteiger partial charge in [0.25, 0.3) is 5.91 Å². The Labute approximate surface area is 89.1 Å². The molecule has 15 heavy (non-hydrogen) atoms. The maximum Gasteiger partial charge on any atom is 0.253 e. The maximum absolute atomic E-state index is 11.7. The van der Waals surface area contributed by atoms with Gasteiger partial charge in [0.05, 0.1) is 17.0 Å². The minimum Gasteiger partial charge on any atom is -0.351 e. The molecule has 0 fully saturated rings. The fourth-order valence-corrected chi connectivity index (χ4v) is 1.25. The Morgan fingerprint density at radius 2 is 2.27 bits per heavy atom. The minimum absolute atomic E-state index is 0.129. The van der Waals surface area contributed by atoms with Gasteiger partial charge >= 0.3 is 0 Å². The van der Waals surface area contributed by atoms with Crippen molar-refractivity contribution in [2.45, 2.75) is 20.3 Å². The Bertz CT molecular complexity index is 351. The highest BCUT2D eigenvalue weighted by Crippen LogP contribution is 2.06. The van der Waals surface area contributed by atoms with Gasteiger partial charge in [-0.15, -0.1) is 0 Å². The summed E-state index contributed by atoms with van der Waals surface area (Å²) in [7, 11) is 0. The predicted octanol–water partition coefficient (Wildman–Crippen LogP) is 0.0359. The smallest absolute Gasteiger partial charge is 0.253 e. The molecule has 3 N–H and O–H groups in total. The van der Waals surface area contributed by atoms with Crippen LogP contribution in [-0.2, 0) is 6.42 Å². The lowest BCUT2D eigenvalue weighted by atomic mass is 10.1. The molecule has 0 aromatic carbocycles. The molecule has 0 saturated heterocycles. The predicted molar refractivity (Wildman–Crippen MR) is 57.5 cm³/mol. The van der Waals surface area contributed by atoms with E-state index in [1.165, 1.54) is 0 Å². The Hall–Kier alpha value is -1.49. The molecule has 0 atom stereocenters. The molecule has 0 aliphatic carbocycles. The van der Waals surface area contributed by atoms with Gasteiger partial charge in [-0.2, -0.15) is 10.2 Å². The lowest BCUT2D eigenvalue weighted by molar-refractivity contribution is 0.0953. The van der Waals surface area contributed by atoms with E-state index in [4.69, 9.17) is 5.73 Å². The van der Waals surface area contributed by atoms with Gasteiger partial charge in [0, 0.05) is 13.1 Å². The van der Waals surface area contributed by atoms with Gasteiger partial charge in [-0.25, -0.2) is 0 Å². The highest BCUT2D eigenvalue weighted by molar-refractivity contribution is 5.95. The highest BCUT2D eigenvalue weighted by atomic mass is 16.1. The zero-order valence-electron chi connectivity index (χ0n) is 9.08. The summed E-state index contributed by atoms with van der Waals surface area (Å²) in [6.45, 7) is 4.67. The molecule has 1 aromatic rings. The summed E-state index contributed by atoms with van der Waals surface area (Å²) in [4.78, 5) is 11.7. The zero-order chi connectivity index (χ0) is 11.3. The molecular weight excluding hydrogens is 192 g/mol. The van der Waals surface area contributed by atoms with Crippen molar-refractivity contribution in [2.24, 2.45) is 5.73 Å². The first-order chi connectivity index (χ1) is 7.19. The third-order valence-electron chi connectivity index (χ3n) is 2.00. The van der Waals surface area contributed by atoms with Crippen LogP contribution in [0.3, 0.4) is 0 Å². The van der Waals surface area contributed by atoms with Crippen LogP contribution in [0.25, 0.3) is 0 Å².